The van der Waals surface area contributed by atoms with E-state index < -0.39 is 0 Å². The summed E-state index contributed by atoms with van der Waals surface area (Å²) in [5.74, 6) is 0. The molecule has 154 valence electrons. The fraction of sp³-hybridized carbons (Fsp3) is 0.0323. The first-order valence-electron chi connectivity index (χ1n) is 11.6. The molecule has 0 amide bonds. The van der Waals surface area contributed by atoms with Crippen LogP contribution in [0.4, 0.5) is 17.1 Å². The Bertz CT molecular complexity index is 1490. The van der Waals surface area contributed by atoms with Crippen LogP contribution < -0.4 is 10.4 Å². The van der Waals surface area contributed by atoms with Gasteiger partial charge in [-0.05, 0) is 57.6 Å². The van der Waals surface area contributed by atoms with Gasteiger partial charge in [-0.15, -0.1) is 0 Å². The molecule has 0 fully saturated rings. The fourth-order valence-electron chi connectivity index (χ4n) is 6.08. The zero-order valence-electron chi connectivity index (χ0n) is 18.5. The van der Waals surface area contributed by atoms with E-state index in [0.717, 1.165) is 0 Å². The van der Waals surface area contributed by atoms with Gasteiger partial charge in [0.1, 0.15) is 7.85 Å². The van der Waals surface area contributed by atoms with Crippen LogP contribution in [0.5, 0.6) is 0 Å². The zero-order valence-corrected chi connectivity index (χ0v) is 18.5. The highest BCUT2D eigenvalue weighted by Gasteiger charge is 2.51. The molecule has 1 aliphatic carbocycles. The van der Waals surface area contributed by atoms with Gasteiger partial charge in [0.05, 0.1) is 16.8 Å². The minimum atomic E-state index is -0.337. The molecule has 5 aromatic rings. The first-order chi connectivity index (χ1) is 16.3. The van der Waals surface area contributed by atoms with Crippen molar-refractivity contribution in [1.82, 2.24) is 0 Å². The first-order valence-corrected chi connectivity index (χ1v) is 11.6. The molecule has 0 aromatic heterocycles. The summed E-state index contributed by atoms with van der Waals surface area (Å²) in [7, 11) is 2.20. The van der Waals surface area contributed by atoms with Crippen LogP contribution in [0.3, 0.4) is 0 Å². The molecule has 2 aliphatic rings. The Morgan fingerprint density at radius 2 is 1.03 bits per heavy atom. The molecular weight excluding hydrogens is 397 g/mol. The van der Waals surface area contributed by atoms with Crippen molar-refractivity contribution in [2.75, 3.05) is 4.90 Å². The standard InChI is InChI=1S/C31H22BN/c32-21-18-19-24-23-12-4-5-13-25(23)31(28(24)20-21)26-14-6-8-16-29(26)33(22-10-2-1-3-11-22)30-17-9-7-15-27(30)31/h1-20H,32H2. The average molecular weight is 419 g/mol. The lowest BCUT2D eigenvalue weighted by Gasteiger charge is -2.45. The van der Waals surface area contributed by atoms with Crippen LogP contribution >= 0.6 is 0 Å². The van der Waals surface area contributed by atoms with Crippen molar-refractivity contribution in [2.24, 2.45) is 0 Å². The number of nitrogens with zero attached hydrogens (tertiary/aromatic N) is 1. The van der Waals surface area contributed by atoms with Gasteiger partial charge in [-0.1, -0.05) is 103 Å². The van der Waals surface area contributed by atoms with Crippen LogP contribution in [0, 0.1) is 0 Å². The SMILES string of the molecule is Bc1ccc2c(c1)C1(c3ccccc3-2)c2ccccc2N(c2ccccc2)c2ccccc21. The van der Waals surface area contributed by atoms with Gasteiger partial charge < -0.3 is 4.90 Å². The van der Waals surface area contributed by atoms with Crippen molar-refractivity contribution in [3.05, 3.63) is 144 Å². The molecule has 0 radical (unpaired) electrons. The van der Waals surface area contributed by atoms with Gasteiger partial charge in [-0.25, -0.2) is 0 Å². The van der Waals surface area contributed by atoms with Crippen molar-refractivity contribution in [3.63, 3.8) is 0 Å². The zero-order chi connectivity index (χ0) is 22.0. The number of rotatable bonds is 1. The van der Waals surface area contributed by atoms with E-state index in [1.807, 2.05) is 0 Å². The van der Waals surface area contributed by atoms with Crippen LogP contribution in [-0.2, 0) is 5.41 Å². The van der Waals surface area contributed by atoms with E-state index in [1.54, 1.807) is 0 Å². The molecule has 5 aromatic carbocycles. The summed E-state index contributed by atoms with van der Waals surface area (Å²) >= 11 is 0. The molecule has 7 rings (SSSR count). The van der Waals surface area contributed by atoms with Gasteiger partial charge >= 0.3 is 0 Å². The molecule has 0 saturated heterocycles. The molecule has 1 aliphatic heterocycles. The number of anilines is 3. The van der Waals surface area contributed by atoms with Crippen molar-refractivity contribution in [1.29, 1.82) is 0 Å². The fourth-order valence-corrected chi connectivity index (χ4v) is 6.08. The molecule has 0 bridgehead atoms. The minimum absolute atomic E-state index is 0.337. The monoisotopic (exact) mass is 419 g/mol. The topological polar surface area (TPSA) is 3.24 Å². The lowest BCUT2D eigenvalue weighted by atomic mass is 9.64. The molecule has 2 heteroatoms. The summed E-state index contributed by atoms with van der Waals surface area (Å²) in [6, 6.07) is 44.6. The van der Waals surface area contributed by atoms with E-state index in [-0.39, 0.29) is 5.41 Å². The molecule has 0 N–H and O–H groups in total. The van der Waals surface area contributed by atoms with Crippen LogP contribution in [0.25, 0.3) is 11.1 Å². The van der Waals surface area contributed by atoms with E-state index in [2.05, 4.69) is 134 Å². The molecule has 0 unspecified atom stereocenters. The summed E-state index contributed by atoms with van der Waals surface area (Å²) in [5, 5.41) is 0. The molecule has 33 heavy (non-hydrogen) atoms. The highest BCUT2D eigenvalue weighted by atomic mass is 15.2. The largest absolute Gasteiger partial charge is 0.310 e. The Hall–Kier alpha value is -4.04. The Labute approximate surface area is 195 Å². The van der Waals surface area contributed by atoms with E-state index in [9.17, 15) is 0 Å². The summed E-state index contributed by atoms with van der Waals surface area (Å²) < 4.78 is 0. The molecule has 1 nitrogen and oxygen atoms in total. The Morgan fingerprint density at radius 3 is 1.73 bits per heavy atom. The maximum Gasteiger partial charge on any atom is 0.139 e. The highest BCUT2D eigenvalue weighted by molar-refractivity contribution is 6.32. The summed E-state index contributed by atoms with van der Waals surface area (Å²) in [6.45, 7) is 0. The number of fused-ring (bicyclic) bond motifs is 9. The number of hydrogen-bond acceptors (Lipinski definition) is 1. The lowest BCUT2D eigenvalue weighted by Crippen LogP contribution is -2.36. The first kappa shape index (κ1) is 18.5. The number of hydrogen-bond donors (Lipinski definition) is 0. The summed E-state index contributed by atoms with van der Waals surface area (Å²) in [5.41, 5.74) is 12.7. The second-order valence-electron chi connectivity index (χ2n) is 9.05. The van der Waals surface area contributed by atoms with Gasteiger partial charge in [-0.2, -0.15) is 0 Å². The van der Waals surface area contributed by atoms with Gasteiger partial charge in [0.25, 0.3) is 0 Å². The van der Waals surface area contributed by atoms with Gasteiger partial charge in [-0.3, -0.25) is 0 Å². The Kier molecular flexibility index (Phi) is 3.78. The predicted octanol–water partition coefficient (Wildman–Crippen LogP) is 6.09. The summed E-state index contributed by atoms with van der Waals surface area (Å²) in [6.07, 6.45) is 0. The minimum Gasteiger partial charge on any atom is -0.310 e. The highest BCUT2D eigenvalue weighted by Crippen LogP contribution is 2.62. The van der Waals surface area contributed by atoms with Gasteiger partial charge in [0.15, 0.2) is 0 Å². The molecular formula is C31H22BN. The summed E-state index contributed by atoms with van der Waals surface area (Å²) in [4.78, 5) is 2.42. The van der Waals surface area contributed by atoms with Crippen LogP contribution in [0.15, 0.2) is 121 Å². The van der Waals surface area contributed by atoms with Gasteiger partial charge in [0.2, 0.25) is 0 Å². The van der Waals surface area contributed by atoms with E-state index >= 15 is 0 Å². The number of para-hydroxylation sites is 3. The van der Waals surface area contributed by atoms with E-state index in [4.69, 9.17) is 0 Å². The van der Waals surface area contributed by atoms with Gasteiger partial charge in [0, 0.05) is 5.69 Å². The van der Waals surface area contributed by atoms with Crippen LogP contribution in [0.2, 0.25) is 0 Å². The van der Waals surface area contributed by atoms with E-state index in [0.29, 0.717) is 0 Å². The van der Waals surface area contributed by atoms with Crippen LogP contribution in [0.1, 0.15) is 22.3 Å². The molecule has 0 saturated carbocycles. The second-order valence-corrected chi connectivity index (χ2v) is 9.05. The molecule has 1 spiro atoms. The van der Waals surface area contributed by atoms with Crippen molar-refractivity contribution in [2.45, 2.75) is 5.41 Å². The van der Waals surface area contributed by atoms with Crippen LogP contribution in [-0.4, -0.2) is 7.85 Å². The normalized spacial score (nSPS) is 14.4. The smallest absolute Gasteiger partial charge is 0.139 e. The van der Waals surface area contributed by atoms with Crippen molar-refractivity contribution in [3.8, 4) is 11.1 Å². The predicted molar refractivity (Wildman–Crippen MR) is 140 cm³/mol. The second kappa shape index (κ2) is 6.73. The third-order valence-electron chi connectivity index (χ3n) is 7.31. The third-order valence-corrected chi connectivity index (χ3v) is 7.31. The van der Waals surface area contributed by atoms with E-state index in [1.165, 1.54) is 55.9 Å². The third kappa shape index (κ3) is 2.33. The molecule has 1 heterocycles. The van der Waals surface area contributed by atoms with Crippen molar-refractivity contribution >= 4 is 30.4 Å². The lowest BCUT2D eigenvalue weighted by molar-refractivity contribution is 0.753. The average Bonchev–Trinajstić information content (AvgIpc) is 3.15. The Morgan fingerprint density at radius 1 is 0.485 bits per heavy atom. The Balaban J connectivity index is 1.68. The number of benzene rings is 5. The molecule has 0 atom stereocenters. The quantitative estimate of drug-likeness (QED) is 0.291. The maximum atomic E-state index is 2.42. The maximum absolute atomic E-state index is 2.42. The van der Waals surface area contributed by atoms with Crippen molar-refractivity contribution < 1.29 is 0 Å².